The zero-order chi connectivity index (χ0) is 7.98. The smallest absolute Gasteiger partial charge is 0.204 e. The molecule has 0 bridgehead atoms. The summed E-state index contributed by atoms with van der Waals surface area (Å²) >= 11 is 0. The van der Waals surface area contributed by atoms with Gasteiger partial charge in [0.05, 0.1) is 0 Å². The van der Waals surface area contributed by atoms with Crippen molar-refractivity contribution in [1.29, 1.82) is 0 Å². The number of hydrogen-bond acceptors (Lipinski definition) is 2. The van der Waals surface area contributed by atoms with E-state index in [2.05, 4.69) is 32.0 Å². The van der Waals surface area contributed by atoms with Gasteiger partial charge in [0.2, 0.25) is 9.04 Å². The van der Waals surface area contributed by atoms with E-state index in [1.54, 1.807) is 0 Å². The molecule has 0 aromatic carbocycles. The fraction of sp³-hybridized carbons (Fsp3) is 1.00. The van der Waals surface area contributed by atoms with Gasteiger partial charge < -0.3 is 9.33 Å². The molecular formula is C7H18NORfSi. The zero-order valence-electron chi connectivity index (χ0n) is 8.18. The Hall–Kier alpha value is -0.863. The summed E-state index contributed by atoms with van der Waals surface area (Å²) in [4.78, 5) is 2.25. The van der Waals surface area contributed by atoms with Crippen LogP contribution in [0.2, 0.25) is 13.1 Å². The van der Waals surface area contributed by atoms with E-state index in [4.69, 9.17) is 4.43 Å². The average Bonchev–Trinajstić information content (AvgIpc) is 1.87. The fourth-order valence-corrected chi connectivity index (χ4v) is 1.06. The first kappa shape index (κ1) is 12.8. The van der Waals surface area contributed by atoms with Gasteiger partial charge in [0, 0.05) is 13.2 Å². The van der Waals surface area contributed by atoms with Gasteiger partial charge in [-0.3, -0.25) is 0 Å². The van der Waals surface area contributed by atoms with Crippen molar-refractivity contribution in [1.82, 2.24) is 4.90 Å². The molecule has 0 heterocycles. The molecule has 0 amide bonds. The van der Waals surface area contributed by atoms with Gasteiger partial charge in [-0.2, -0.15) is 0 Å². The van der Waals surface area contributed by atoms with Crippen molar-refractivity contribution >= 4 is 9.04 Å². The molecule has 0 spiro atoms. The molecule has 0 aliphatic heterocycles. The summed E-state index contributed by atoms with van der Waals surface area (Å²) in [5.41, 5.74) is 0. The monoisotopic (exact) mass is 427 g/mol. The molecule has 11 heavy (non-hydrogen) atoms. The van der Waals surface area contributed by atoms with Crippen LogP contribution in [0.15, 0.2) is 0 Å². The van der Waals surface area contributed by atoms with Gasteiger partial charge in [-0.1, -0.05) is 6.92 Å². The second-order valence-corrected chi connectivity index (χ2v) is 4.76. The van der Waals surface area contributed by atoms with Crippen molar-refractivity contribution in [3.63, 3.8) is 0 Å². The Balaban J connectivity index is 0. The summed E-state index contributed by atoms with van der Waals surface area (Å²) in [5, 5.41) is 0. The van der Waals surface area contributed by atoms with Crippen molar-refractivity contribution in [2.24, 2.45) is 0 Å². The van der Waals surface area contributed by atoms with Crippen molar-refractivity contribution < 1.29 is 4.43 Å². The molecule has 0 rings (SSSR count). The number of nitrogens with zero attached hydrogens (tertiary/aromatic N) is 1. The van der Waals surface area contributed by atoms with Gasteiger partial charge >= 0.3 is 0 Å². The number of rotatable bonds is 5. The zero-order valence-corrected chi connectivity index (χ0v) is 15.6. The fourth-order valence-electron chi connectivity index (χ4n) is 0.564. The third kappa shape index (κ3) is 9.14. The van der Waals surface area contributed by atoms with E-state index in [1.165, 1.54) is 0 Å². The van der Waals surface area contributed by atoms with Crippen molar-refractivity contribution in [3.05, 3.63) is 0 Å². The average molecular weight is 427 g/mol. The molecule has 0 aromatic heterocycles. The van der Waals surface area contributed by atoms with E-state index in [1.807, 2.05) is 0 Å². The van der Waals surface area contributed by atoms with Crippen LogP contribution >= 0.6 is 0 Å². The van der Waals surface area contributed by atoms with Crippen LogP contribution in [0, 0.1) is 0 Å². The van der Waals surface area contributed by atoms with E-state index < -0.39 is 9.04 Å². The van der Waals surface area contributed by atoms with Gasteiger partial charge in [0.1, 0.15) is 0 Å². The maximum atomic E-state index is 5.47. The second kappa shape index (κ2) is 7.25. The van der Waals surface area contributed by atoms with Gasteiger partial charge in [-0.05, 0) is 26.7 Å². The first-order valence-electron chi connectivity index (χ1n) is 3.78. The Morgan fingerprint density at radius 1 is 1.36 bits per heavy atom. The van der Waals surface area contributed by atoms with Crippen LogP contribution in [-0.2, 0) is 4.43 Å². The first-order chi connectivity index (χ1) is 4.66. The molecule has 0 fully saturated rings. The third-order valence-corrected chi connectivity index (χ3v) is 2.19. The summed E-state index contributed by atoms with van der Waals surface area (Å²) in [6.07, 6.45) is 0. The molecule has 4 heteroatoms. The van der Waals surface area contributed by atoms with Gasteiger partial charge in [-0.15, -0.1) is 0 Å². The van der Waals surface area contributed by atoms with E-state index in [-0.39, 0.29) is 0 Å². The predicted octanol–water partition coefficient (Wildman–Crippen LogP) is 1.21. The third-order valence-electron chi connectivity index (χ3n) is 1.40. The minimum Gasteiger partial charge on any atom is -0.416 e. The largest absolute Gasteiger partial charge is 0.416 e. The summed E-state index contributed by atoms with van der Waals surface area (Å²) in [5.74, 6) is 0. The maximum Gasteiger partial charge on any atom is 0.204 e. The van der Waals surface area contributed by atoms with Gasteiger partial charge in [0.15, 0.2) is 0 Å². The quantitative estimate of drug-likeness (QED) is 0.612. The molecule has 63 valence electrons. The summed E-state index contributed by atoms with van der Waals surface area (Å²) in [6, 6.07) is 0. The van der Waals surface area contributed by atoms with Crippen molar-refractivity contribution in [2.45, 2.75) is 20.0 Å². The van der Waals surface area contributed by atoms with Crippen LogP contribution in [0.5, 0.6) is 0 Å². The molecule has 0 aliphatic rings. The molecular weight excluding hydrogens is 409 g/mol. The van der Waals surface area contributed by atoms with Crippen LogP contribution in [0.25, 0.3) is 0 Å². The van der Waals surface area contributed by atoms with Crippen LogP contribution in [-0.4, -0.2) is 40.7 Å². The van der Waals surface area contributed by atoms with Crippen molar-refractivity contribution in [3.8, 4) is 0 Å². The van der Waals surface area contributed by atoms with E-state index in [0.29, 0.717) is 0 Å². The second-order valence-electron chi connectivity index (χ2n) is 2.65. The minimum absolute atomic E-state index is 0. The Morgan fingerprint density at radius 2 is 1.91 bits per heavy atom. The van der Waals surface area contributed by atoms with E-state index in [0.717, 1.165) is 19.7 Å². The van der Waals surface area contributed by atoms with Crippen LogP contribution in [0.4, 0.5) is 0 Å². The molecule has 0 saturated carbocycles. The first-order valence-corrected chi connectivity index (χ1v) is 6.19. The minimum atomic E-state index is -0.465. The topological polar surface area (TPSA) is 12.5 Å². The van der Waals surface area contributed by atoms with Gasteiger partial charge in [0.25, 0.3) is 0 Å². The Labute approximate surface area is 65.9 Å². The van der Waals surface area contributed by atoms with Gasteiger partial charge in [-0.25, -0.2) is 0 Å². The summed E-state index contributed by atoms with van der Waals surface area (Å²) in [7, 11) is 1.65. The SMILES string of the molecule is CCN(C)CCO[Si](C)C.[Rf]. The molecule has 2 nitrogen and oxygen atoms in total. The molecule has 0 atom stereocenters. The molecule has 0 aromatic rings. The summed E-state index contributed by atoms with van der Waals surface area (Å²) < 4.78 is 5.47. The molecule has 0 N–H and O–H groups in total. The molecule has 0 saturated heterocycles. The standard InChI is InChI=1S/C7H18NOSi.Rf/c1-5-8(2)6-7-9-10(3)4;/h5-7H2,1-4H3;. The summed E-state index contributed by atoms with van der Waals surface area (Å²) in [6.45, 7) is 9.55. The Morgan fingerprint density at radius 3 is 2.27 bits per heavy atom. The van der Waals surface area contributed by atoms with Crippen LogP contribution in [0.1, 0.15) is 6.92 Å². The van der Waals surface area contributed by atoms with E-state index >= 15 is 0 Å². The predicted molar refractivity (Wildman–Crippen MR) is 46.6 cm³/mol. The molecule has 1 radical (unpaired) electrons. The normalized spacial score (nSPS) is 10.4. The number of hydrogen-bond donors (Lipinski definition) is 0. The maximum absolute atomic E-state index is 5.47. The molecule has 0 unspecified atom stereocenters. The van der Waals surface area contributed by atoms with E-state index in [9.17, 15) is 0 Å². The molecule has 0 aliphatic carbocycles. The number of likely N-dealkylation sites (N-methyl/N-ethyl adjacent to an activating group) is 1. The van der Waals surface area contributed by atoms with Crippen molar-refractivity contribution in [2.75, 3.05) is 26.7 Å². The van der Waals surface area contributed by atoms with Crippen LogP contribution in [0.3, 0.4) is 0 Å². The Bertz CT molecular complexity index is 82.8. The van der Waals surface area contributed by atoms with Crippen LogP contribution < -0.4 is 0 Å². The Kier molecular flexibility index (Phi) is 8.42.